The molecule has 0 saturated heterocycles. The molecule has 0 saturated carbocycles. The Morgan fingerprint density at radius 1 is 0.517 bits per heavy atom. The van der Waals surface area contributed by atoms with E-state index in [1.807, 2.05) is 0 Å². The fourth-order valence-electron chi connectivity index (χ4n) is 4.41. The predicted molar refractivity (Wildman–Crippen MR) is 149 cm³/mol. The van der Waals surface area contributed by atoms with Crippen LogP contribution in [0.5, 0.6) is 0 Å². The third-order valence-corrected chi connectivity index (χ3v) is 22.4. The molecule has 0 aromatic heterocycles. The molecule has 0 spiro atoms. The average Bonchev–Trinajstić information content (AvgIpc) is 2.69. The number of rotatable bonds is 20. The first kappa shape index (κ1) is 32.4. The Morgan fingerprint density at radius 2 is 0.759 bits per heavy atom. The van der Waals surface area contributed by atoms with Gasteiger partial charge >= 0.3 is 167 Å². The Labute approximate surface area is 201 Å². The van der Waals surface area contributed by atoms with Gasteiger partial charge in [-0.1, -0.05) is 12.2 Å². The SMILES string of the molecule is CC(=S)S.CCCCCCC[CH2][Sn]([CH2]CCC)([CH2]CCC)[CH2]CCCCCCC. The van der Waals surface area contributed by atoms with Crippen molar-refractivity contribution >= 4 is 47.4 Å². The standard InChI is InChI=1S/2C8H17.2C4H9.C2H4S2.Sn/c2*1-3-5-7-8-6-4-2;2*1-3-4-2;1-2(3)4;/h2*1,3-8H2,2H3;2*1,3-4H2,2H3;1H3,(H,3,4);. The van der Waals surface area contributed by atoms with E-state index in [4.69, 9.17) is 0 Å². The second-order valence-electron chi connectivity index (χ2n) is 9.26. The van der Waals surface area contributed by atoms with Gasteiger partial charge in [-0.05, 0) is 6.92 Å². The molecule has 0 rings (SSSR count). The second-order valence-corrected chi connectivity index (χ2v) is 25.1. The van der Waals surface area contributed by atoms with Crippen LogP contribution in [0.25, 0.3) is 0 Å². The summed E-state index contributed by atoms with van der Waals surface area (Å²) in [4.78, 5) is 0. The topological polar surface area (TPSA) is 0 Å². The molecule has 0 unspecified atom stereocenters. The first-order valence-electron chi connectivity index (χ1n) is 13.2. The molecule has 0 N–H and O–H groups in total. The molecule has 0 fully saturated rings. The summed E-state index contributed by atoms with van der Waals surface area (Å²) < 4.78 is 7.59. The van der Waals surface area contributed by atoms with Crippen molar-refractivity contribution in [2.45, 2.75) is 155 Å². The second kappa shape index (κ2) is 25.5. The molecule has 0 aliphatic rings. The van der Waals surface area contributed by atoms with Crippen LogP contribution in [-0.2, 0) is 0 Å². The van der Waals surface area contributed by atoms with Gasteiger partial charge in [-0.2, -0.15) is 0 Å². The quantitative estimate of drug-likeness (QED) is 0.0680. The summed E-state index contributed by atoms with van der Waals surface area (Å²) in [5, 5.41) is 0. The molecule has 176 valence electrons. The minimum absolute atomic E-state index is 0.694. The van der Waals surface area contributed by atoms with Gasteiger partial charge in [-0.15, -0.1) is 12.6 Å². The van der Waals surface area contributed by atoms with Gasteiger partial charge in [-0.25, -0.2) is 0 Å². The zero-order valence-electron chi connectivity index (χ0n) is 21.0. The van der Waals surface area contributed by atoms with E-state index < -0.39 is 18.4 Å². The molecule has 0 amide bonds. The Balaban J connectivity index is 0. The van der Waals surface area contributed by atoms with Gasteiger partial charge in [0.2, 0.25) is 0 Å². The van der Waals surface area contributed by atoms with Crippen molar-refractivity contribution in [1.29, 1.82) is 0 Å². The molecule has 0 radical (unpaired) electrons. The molecule has 0 nitrogen and oxygen atoms in total. The van der Waals surface area contributed by atoms with Crippen molar-refractivity contribution < 1.29 is 0 Å². The van der Waals surface area contributed by atoms with Crippen LogP contribution in [0, 0.1) is 0 Å². The van der Waals surface area contributed by atoms with Crippen molar-refractivity contribution in [2.75, 3.05) is 0 Å². The van der Waals surface area contributed by atoms with E-state index in [1.54, 1.807) is 50.4 Å². The molecule has 3 heteroatoms. The Hall–Kier alpha value is 1.24. The fourth-order valence-corrected chi connectivity index (χ4v) is 20.7. The number of thiocarbonyl (C=S) groups is 1. The molecular weight excluding hydrogens is 495 g/mol. The molecule has 29 heavy (non-hydrogen) atoms. The first-order valence-corrected chi connectivity index (χ1v) is 22.1. The van der Waals surface area contributed by atoms with Gasteiger partial charge in [0.25, 0.3) is 0 Å². The number of hydrogen-bond acceptors (Lipinski definition) is 1. The van der Waals surface area contributed by atoms with Gasteiger partial charge in [0.15, 0.2) is 0 Å². The molecular formula is C26H56S2Sn. The van der Waals surface area contributed by atoms with Crippen molar-refractivity contribution in [3.8, 4) is 0 Å². The van der Waals surface area contributed by atoms with E-state index in [0.29, 0.717) is 4.20 Å². The summed E-state index contributed by atoms with van der Waals surface area (Å²) in [5.41, 5.74) is 0. The first-order chi connectivity index (χ1) is 14.0. The van der Waals surface area contributed by atoms with Crippen LogP contribution in [0.3, 0.4) is 0 Å². The van der Waals surface area contributed by atoms with Crippen LogP contribution in [0.4, 0.5) is 0 Å². The Morgan fingerprint density at radius 3 is 1.07 bits per heavy atom. The van der Waals surface area contributed by atoms with Crippen LogP contribution in [0.15, 0.2) is 0 Å². The Kier molecular flexibility index (Phi) is 28.5. The molecule has 0 aliphatic carbocycles. The molecule has 0 heterocycles. The third-order valence-electron chi connectivity index (χ3n) is 6.24. The maximum absolute atomic E-state index is 4.40. The third kappa shape index (κ3) is 25.4. The summed E-state index contributed by atoms with van der Waals surface area (Å²) in [5.74, 6) is 0. The zero-order chi connectivity index (χ0) is 22.2. The number of thiol groups is 1. The van der Waals surface area contributed by atoms with Crippen molar-refractivity contribution in [2.24, 2.45) is 0 Å². The van der Waals surface area contributed by atoms with Crippen molar-refractivity contribution in [3.63, 3.8) is 0 Å². The van der Waals surface area contributed by atoms with Crippen LogP contribution >= 0.6 is 24.8 Å². The monoisotopic (exact) mass is 552 g/mol. The molecule has 0 bridgehead atoms. The van der Waals surface area contributed by atoms with Crippen LogP contribution in [-0.4, -0.2) is 22.6 Å². The molecule has 0 aromatic rings. The van der Waals surface area contributed by atoms with Crippen LogP contribution in [0.1, 0.15) is 137 Å². The van der Waals surface area contributed by atoms with E-state index in [2.05, 4.69) is 52.5 Å². The van der Waals surface area contributed by atoms with Gasteiger partial charge in [0, 0.05) is 4.20 Å². The van der Waals surface area contributed by atoms with Crippen molar-refractivity contribution in [3.05, 3.63) is 0 Å². The van der Waals surface area contributed by atoms with Gasteiger partial charge in [-0.3, -0.25) is 0 Å². The average molecular weight is 552 g/mol. The van der Waals surface area contributed by atoms with Crippen LogP contribution < -0.4 is 0 Å². The minimum atomic E-state index is -1.83. The number of hydrogen-bond donors (Lipinski definition) is 1. The normalized spacial score (nSPS) is 11.2. The van der Waals surface area contributed by atoms with E-state index in [-0.39, 0.29) is 0 Å². The maximum atomic E-state index is 4.40. The predicted octanol–water partition coefficient (Wildman–Crippen LogP) is 11.0. The summed E-state index contributed by atoms with van der Waals surface area (Å²) in [6, 6.07) is 0. The Bertz CT molecular complexity index is 301. The summed E-state index contributed by atoms with van der Waals surface area (Å²) >= 11 is 6.27. The van der Waals surface area contributed by atoms with E-state index in [1.165, 1.54) is 77.0 Å². The number of unbranched alkanes of at least 4 members (excludes halogenated alkanes) is 12. The van der Waals surface area contributed by atoms with Crippen LogP contribution in [0.2, 0.25) is 17.7 Å². The fraction of sp³-hybridized carbons (Fsp3) is 0.962. The molecule has 0 aromatic carbocycles. The van der Waals surface area contributed by atoms with E-state index >= 15 is 0 Å². The zero-order valence-corrected chi connectivity index (χ0v) is 25.6. The summed E-state index contributed by atoms with van der Waals surface area (Å²) in [6.07, 6.45) is 23.9. The summed E-state index contributed by atoms with van der Waals surface area (Å²) in [6.45, 7) is 11.2. The molecule has 0 atom stereocenters. The van der Waals surface area contributed by atoms with Gasteiger partial charge in [0.1, 0.15) is 0 Å². The van der Waals surface area contributed by atoms with Crippen molar-refractivity contribution in [1.82, 2.24) is 0 Å². The van der Waals surface area contributed by atoms with E-state index in [9.17, 15) is 0 Å². The molecule has 0 aliphatic heterocycles. The van der Waals surface area contributed by atoms with Gasteiger partial charge < -0.3 is 0 Å². The summed E-state index contributed by atoms with van der Waals surface area (Å²) in [7, 11) is 0. The van der Waals surface area contributed by atoms with E-state index in [0.717, 1.165) is 0 Å². The van der Waals surface area contributed by atoms with Gasteiger partial charge in [0.05, 0.1) is 0 Å².